The van der Waals surface area contributed by atoms with Gasteiger partial charge in [0.1, 0.15) is 74.6 Å². The van der Waals surface area contributed by atoms with Crippen LogP contribution in [0.4, 0.5) is 104 Å². The first-order chi connectivity index (χ1) is 66.4. The number of hydrogen-bond acceptors (Lipinski definition) is 21. The van der Waals surface area contributed by atoms with Crippen LogP contribution in [0.3, 0.4) is 0 Å². The molecule has 0 unspecified atom stereocenters. The molecule has 3 aromatic carbocycles. The predicted octanol–water partition coefficient (Wildman–Crippen LogP) is 17.9. The average Bonchev–Trinajstić information content (AvgIpc) is 0.724. The molecule has 12 heterocycles. The van der Waals surface area contributed by atoms with E-state index in [1.165, 1.54) is 34.3 Å². The Morgan fingerprint density at radius 2 is 0.617 bits per heavy atom. The normalized spacial score (nSPS) is 13.6. The number of aromatic nitrogens is 9. The van der Waals surface area contributed by atoms with E-state index in [1.54, 1.807) is 92.5 Å². The molecule has 141 heavy (non-hydrogen) atoms. The van der Waals surface area contributed by atoms with E-state index >= 15 is 13.2 Å². The van der Waals surface area contributed by atoms with Crippen LogP contribution in [0.5, 0.6) is 0 Å². The standard InChI is InChI=1S/2C32H26ClF6N7O2.C31H26ClF4N7O2/c2*1-5-19(47)44-8-10-45(11-9-44)29-16-12-18(33)27(20-22(34)21(32(37,38)39)23(35)24(36)25(20)41)43-30(16)46(31(48)17(29)13-40)28-15(4)6-7-42-26(28)14(2)3;1-5-19(44)41-8-10-42(11-9-41)29-16-12-18(32)27(20-21(33)22(34)23(35)24(36)25(20)38)40-30(16)43(31(45)17(29)13-37)28-15(4)6-7-39-26(28)14(2)3/h2*5-7,12,14H,1,8-11,41H2,2-4H3;5-7,12,14H,1,8-11,38H2,2-4H3. The Hall–Kier alpha value is -15.2. The highest BCUT2D eigenvalue weighted by Crippen LogP contribution is 2.50. The minimum absolute atomic E-state index is 0.0407. The molecule has 12 aromatic rings. The monoisotopic (exact) mass is 2020 g/mol. The van der Waals surface area contributed by atoms with Crippen molar-refractivity contribution in [2.75, 3.05) is 110 Å². The third kappa shape index (κ3) is 18.3. The maximum Gasteiger partial charge on any atom is 0.422 e. The number of pyridine rings is 9. The number of alkyl halides is 6. The van der Waals surface area contributed by atoms with Gasteiger partial charge in [0.15, 0.2) is 46.5 Å². The number of anilines is 6. The molecule has 15 rings (SSSR count). The topological polar surface area (TPSA) is 363 Å². The molecule has 46 heteroatoms. The van der Waals surface area contributed by atoms with Gasteiger partial charge in [-0.3, -0.25) is 57.4 Å². The molecule has 0 saturated carbocycles. The SMILES string of the molecule is C=CC(=O)N1CCN(c2c(C#N)c(=O)n(-c3c(C)ccnc3C(C)C)c3nc(-c4c(N)c(F)c(F)c(C(F)(F)F)c4F)c(Cl)cc23)CC1.C=CC(=O)N1CCN(c2c(C#N)c(=O)n(-c3c(C)ccnc3C(C)C)c3nc(-c4c(N)c(F)c(F)c(C(F)(F)F)c4F)c(Cl)cc23)CC1.C=CC(=O)N1CCN(c2c(C#N)c(=O)n(-c3c(C)ccnc3C(C)C)c3nc(-c4c(N)c(F)c(F)c(F)c4F)c(Cl)cc23)CC1. The molecule has 0 radical (unpaired) electrons. The molecule has 0 aliphatic carbocycles. The third-order valence-corrected chi connectivity index (χ3v) is 24.7. The van der Waals surface area contributed by atoms with E-state index in [-0.39, 0.29) is 203 Å². The lowest BCUT2D eigenvalue weighted by molar-refractivity contribution is -0.143. The number of nitrogens with zero attached hydrogens (tertiary/aromatic N) is 18. The van der Waals surface area contributed by atoms with Gasteiger partial charge in [-0.15, -0.1) is 0 Å². The second kappa shape index (κ2) is 40.0. The number of rotatable bonds is 15. The maximum atomic E-state index is 15.6. The lowest BCUT2D eigenvalue weighted by atomic mass is 10.00. The first-order valence-electron chi connectivity index (χ1n) is 42.6. The highest BCUT2D eigenvalue weighted by molar-refractivity contribution is 6.35. The summed E-state index contributed by atoms with van der Waals surface area (Å²) in [7, 11) is 0. The number of carbonyl (C=O) groups excluding carboxylic acids is 3. The van der Waals surface area contributed by atoms with Crippen LogP contribution in [0.25, 0.3) is 83.9 Å². The van der Waals surface area contributed by atoms with E-state index in [0.717, 1.165) is 38.0 Å². The van der Waals surface area contributed by atoms with Crippen molar-refractivity contribution < 1.29 is 84.6 Å². The predicted molar refractivity (Wildman–Crippen MR) is 497 cm³/mol. The fourth-order valence-electron chi connectivity index (χ4n) is 17.1. The van der Waals surface area contributed by atoms with Gasteiger partial charge < -0.3 is 46.6 Å². The Kier molecular flexibility index (Phi) is 29.3. The molecule has 0 spiro atoms. The van der Waals surface area contributed by atoms with E-state index < -0.39 is 159 Å². The summed E-state index contributed by atoms with van der Waals surface area (Å²) in [6.07, 6.45) is -3.32. The van der Waals surface area contributed by atoms with Gasteiger partial charge in [0, 0.05) is 113 Å². The van der Waals surface area contributed by atoms with Crippen LogP contribution in [0.2, 0.25) is 15.1 Å². The summed E-state index contributed by atoms with van der Waals surface area (Å²) < 4.78 is 234. The van der Waals surface area contributed by atoms with E-state index in [1.807, 2.05) is 32.1 Å². The van der Waals surface area contributed by atoms with Crippen molar-refractivity contribution in [1.82, 2.24) is 58.3 Å². The van der Waals surface area contributed by atoms with Crippen LogP contribution >= 0.6 is 34.8 Å². The molecule has 0 bridgehead atoms. The van der Waals surface area contributed by atoms with Gasteiger partial charge in [0.05, 0.1) is 117 Å². The summed E-state index contributed by atoms with van der Waals surface area (Å²) in [4.78, 5) is 116. The van der Waals surface area contributed by atoms with Crippen molar-refractivity contribution in [3.8, 4) is 69.0 Å². The molecule has 3 aliphatic rings. The summed E-state index contributed by atoms with van der Waals surface area (Å²) in [6, 6.07) is 14.2. The first-order valence-corrected chi connectivity index (χ1v) is 43.7. The van der Waals surface area contributed by atoms with E-state index in [2.05, 4.69) is 49.6 Å². The Morgan fingerprint density at radius 3 is 0.844 bits per heavy atom. The number of amides is 3. The van der Waals surface area contributed by atoms with Gasteiger partial charge in [-0.1, -0.05) is 96.1 Å². The second-order valence-corrected chi connectivity index (χ2v) is 34.6. The quantitative estimate of drug-likeness (QED) is 0.0282. The molecule has 3 saturated heterocycles. The summed E-state index contributed by atoms with van der Waals surface area (Å²) >= 11 is 19.6. The average molecular weight is 2020 g/mol. The number of halogens is 19. The van der Waals surface area contributed by atoms with Gasteiger partial charge in [0.25, 0.3) is 16.7 Å². The van der Waals surface area contributed by atoms with Crippen LogP contribution in [0, 0.1) is 113 Å². The summed E-state index contributed by atoms with van der Waals surface area (Å²) in [5.74, 6) is -23.6. The number of carbonyl (C=O) groups is 3. The van der Waals surface area contributed by atoms with Gasteiger partial charge in [-0.25, -0.2) is 58.9 Å². The number of hydrogen-bond donors (Lipinski definition) is 3. The van der Waals surface area contributed by atoms with Crippen LogP contribution in [0.15, 0.2) is 107 Å². The van der Waals surface area contributed by atoms with E-state index in [4.69, 9.17) is 52.0 Å². The minimum Gasteiger partial charge on any atom is -0.396 e. The van der Waals surface area contributed by atoms with Crippen molar-refractivity contribution in [3.63, 3.8) is 0 Å². The van der Waals surface area contributed by atoms with Crippen molar-refractivity contribution in [3.05, 3.63) is 259 Å². The highest BCUT2D eigenvalue weighted by atomic mass is 35.5. The Morgan fingerprint density at radius 1 is 0.383 bits per heavy atom. The van der Waals surface area contributed by atoms with Crippen LogP contribution in [-0.4, -0.2) is 155 Å². The second-order valence-electron chi connectivity index (χ2n) is 33.3. The molecule has 6 N–H and O–H groups in total. The zero-order valence-corrected chi connectivity index (χ0v) is 77.9. The number of fused-ring (bicyclic) bond motifs is 3. The molecule has 27 nitrogen and oxygen atoms in total. The van der Waals surface area contributed by atoms with Crippen LogP contribution < -0.4 is 48.6 Å². The zero-order valence-electron chi connectivity index (χ0n) is 75.7. The van der Waals surface area contributed by atoms with Gasteiger partial charge in [-0.2, -0.15) is 42.1 Å². The molecule has 9 aromatic heterocycles. The van der Waals surface area contributed by atoms with Gasteiger partial charge >= 0.3 is 12.4 Å². The Bertz CT molecular complexity index is 7330. The van der Waals surface area contributed by atoms with E-state index in [9.17, 15) is 102 Å². The number of aryl methyl sites for hydroxylation is 3. The van der Waals surface area contributed by atoms with Crippen molar-refractivity contribution in [2.24, 2.45) is 0 Å². The highest BCUT2D eigenvalue weighted by Gasteiger charge is 2.46. The number of piperazine rings is 3. The smallest absolute Gasteiger partial charge is 0.396 e. The maximum absolute atomic E-state index is 15.6. The zero-order chi connectivity index (χ0) is 104. The summed E-state index contributed by atoms with van der Waals surface area (Å²) in [5.41, 5.74) is 1.82. The molecule has 3 aliphatic heterocycles. The summed E-state index contributed by atoms with van der Waals surface area (Å²) in [6.45, 7) is 28.5. The summed E-state index contributed by atoms with van der Waals surface area (Å²) in [5, 5.41) is 29.8. The van der Waals surface area contributed by atoms with Crippen molar-refractivity contribution in [2.45, 2.75) is 92.4 Å². The van der Waals surface area contributed by atoms with Crippen LogP contribution in [0.1, 0.15) is 121 Å². The minimum atomic E-state index is -5.67. The van der Waals surface area contributed by atoms with Gasteiger partial charge in [0.2, 0.25) is 17.7 Å². The molecule has 0 atom stereocenters. The molecule has 732 valence electrons. The lowest BCUT2D eigenvalue weighted by Crippen LogP contribution is -2.49. The first kappa shape index (κ1) is 103. The fraction of sp³-hybridized carbons (Fsp3) is 0.274. The van der Waals surface area contributed by atoms with Crippen molar-refractivity contribution >= 4 is 120 Å². The third-order valence-electron chi connectivity index (χ3n) is 23.9. The van der Waals surface area contributed by atoms with Gasteiger partial charge in [-0.05, 0) is 110 Å². The van der Waals surface area contributed by atoms with E-state index in [0.29, 0.717) is 33.8 Å². The molecule has 3 fully saturated rings. The van der Waals surface area contributed by atoms with Crippen LogP contribution in [-0.2, 0) is 26.7 Å². The number of nitriles is 3. The fourth-order valence-corrected chi connectivity index (χ4v) is 17.9. The largest absolute Gasteiger partial charge is 0.422 e. The number of nitrogens with two attached hydrogens (primary N) is 3. The van der Waals surface area contributed by atoms with Crippen molar-refractivity contribution in [1.29, 1.82) is 15.8 Å². The molecular formula is C95H78Cl3F16N21O6. The molecular weight excluding hydrogens is 1940 g/mol. The number of benzene rings is 3. The molecule has 3 amide bonds. The Labute approximate surface area is 805 Å². The number of nitrogen functional groups attached to an aromatic ring is 3. The lowest BCUT2D eigenvalue weighted by Gasteiger charge is -2.36. The Balaban J connectivity index is 0.000000178.